The van der Waals surface area contributed by atoms with Crippen LogP contribution in [0.4, 0.5) is 0 Å². The average molecular weight is 218 g/mol. The summed E-state index contributed by atoms with van der Waals surface area (Å²) in [5, 5.41) is 0. The molecular weight excluding hydrogens is 196 g/mol. The SMILES string of the molecule is CCCC(C)C(=O)c1c(C)cc(C)cc1C. The summed E-state index contributed by atoms with van der Waals surface area (Å²) in [6.07, 6.45) is 2.04. The molecule has 0 radical (unpaired) electrons. The molecule has 0 amide bonds. The Balaban J connectivity index is 3.08. The van der Waals surface area contributed by atoms with Crippen LogP contribution >= 0.6 is 0 Å². The van der Waals surface area contributed by atoms with E-state index in [-0.39, 0.29) is 5.92 Å². The van der Waals surface area contributed by atoms with Gasteiger partial charge in [-0.2, -0.15) is 0 Å². The molecule has 1 unspecified atom stereocenters. The molecule has 0 aromatic heterocycles. The smallest absolute Gasteiger partial charge is 0.166 e. The highest BCUT2D eigenvalue weighted by Gasteiger charge is 2.18. The van der Waals surface area contributed by atoms with Crippen LogP contribution in [0.15, 0.2) is 12.1 Å². The van der Waals surface area contributed by atoms with Crippen molar-refractivity contribution in [1.29, 1.82) is 0 Å². The van der Waals surface area contributed by atoms with Crippen LogP contribution < -0.4 is 0 Å². The molecule has 16 heavy (non-hydrogen) atoms. The van der Waals surface area contributed by atoms with E-state index in [0.29, 0.717) is 5.78 Å². The van der Waals surface area contributed by atoms with E-state index in [1.807, 2.05) is 20.8 Å². The number of rotatable bonds is 4. The first-order chi connectivity index (χ1) is 7.47. The molecule has 1 rings (SSSR count). The maximum Gasteiger partial charge on any atom is 0.166 e. The third kappa shape index (κ3) is 2.72. The van der Waals surface area contributed by atoms with Crippen molar-refractivity contribution in [3.8, 4) is 0 Å². The Morgan fingerprint density at radius 2 is 1.69 bits per heavy atom. The van der Waals surface area contributed by atoms with Crippen molar-refractivity contribution >= 4 is 5.78 Å². The van der Waals surface area contributed by atoms with Crippen LogP contribution in [0, 0.1) is 26.7 Å². The molecule has 1 nitrogen and oxygen atoms in total. The first-order valence-electron chi connectivity index (χ1n) is 6.09. The van der Waals surface area contributed by atoms with Gasteiger partial charge >= 0.3 is 0 Å². The van der Waals surface area contributed by atoms with Crippen molar-refractivity contribution in [3.63, 3.8) is 0 Å². The van der Waals surface area contributed by atoms with Crippen LogP contribution in [0.3, 0.4) is 0 Å². The fourth-order valence-electron chi connectivity index (χ4n) is 2.38. The molecule has 0 heterocycles. The summed E-state index contributed by atoms with van der Waals surface area (Å²) in [5.74, 6) is 0.446. The molecule has 0 saturated heterocycles. The second-order valence-corrected chi connectivity index (χ2v) is 4.83. The topological polar surface area (TPSA) is 17.1 Å². The summed E-state index contributed by atoms with van der Waals surface area (Å²) in [6, 6.07) is 4.19. The number of carbonyl (C=O) groups is 1. The van der Waals surface area contributed by atoms with Gasteiger partial charge in [-0.1, -0.05) is 38.0 Å². The number of hydrogen-bond acceptors (Lipinski definition) is 1. The molecule has 1 aromatic rings. The van der Waals surface area contributed by atoms with E-state index in [1.54, 1.807) is 0 Å². The summed E-state index contributed by atoms with van der Waals surface area (Å²) in [4.78, 5) is 12.3. The first kappa shape index (κ1) is 13.0. The Labute approximate surface area is 98.9 Å². The minimum absolute atomic E-state index is 0.144. The quantitative estimate of drug-likeness (QED) is 0.691. The van der Waals surface area contributed by atoms with Gasteiger partial charge in [-0.3, -0.25) is 4.79 Å². The standard InChI is InChI=1S/C15H22O/c1-6-7-11(3)15(16)14-12(4)8-10(2)9-13(14)5/h8-9,11H,6-7H2,1-5H3. The maximum atomic E-state index is 12.3. The van der Waals surface area contributed by atoms with Crippen molar-refractivity contribution in [2.24, 2.45) is 5.92 Å². The van der Waals surface area contributed by atoms with E-state index in [2.05, 4.69) is 26.0 Å². The highest BCUT2D eigenvalue weighted by Crippen LogP contribution is 2.21. The van der Waals surface area contributed by atoms with E-state index in [0.717, 1.165) is 29.5 Å². The summed E-state index contributed by atoms with van der Waals surface area (Å²) in [6.45, 7) is 10.3. The second-order valence-electron chi connectivity index (χ2n) is 4.83. The van der Waals surface area contributed by atoms with E-state index < -0.39 is 0 Å². The normalized spacial score (nSPS) is 12.6. The van der Waals surface area contributed by atoms with Gasteiger partial charge in [-0.25, -0.2) is 0 Å². The summed E-state index contributed by atoms with van der Waals surface area (Å²) in [5.41, 5.74) is 4.40. The number of aryl methyl sites for hydroxylation is 3. The lowest BCUT2D eigenvalue weighted by atomic mass is 9.89. The van der Waals surface area contributed by atoms with E-state index in [4.69, 9.17) is 0 Å². The molecule has 0 aliphatic rings. The molecule has 1 heteroatoms. The molecule has 0 aliphatic heterocycles. The Kier molecular flexibility index (Phi) is 4.28. The zero-order valence-corrected chi connectivity index (χ0v) is 11.1. The van der Waals surface area contributed by atoms with Gasteiger partial charge in [0.2, 0.25) is 0 Å². The first-order valence-corrected chi connectivity index (χ1v) is 6.09. The van der Waals surface area contributed by atoms with Gasteiger partial charge in [0.05, 0.1) is 0 Å². The van der Waals surface area contributed by atoms with Gasteiger partial charge in [0.1, 0.15) is 0 Å². The Morgan fingerprint density at radius 3 is 2.12 bits per heavy atom. The van der Waals surface area contributed by atoms with Gasteiger partial charge in [-0.15, -0.1) is 0 Å². The predicted molar refractivity (Wildman–Crippen MR) is 69.1 cm³/mol. The number of hydrogen-bond donors (Lipinski definition) is 0. The third-order valence-electron chi connectivity index (χ3n) is 3.09. The Bertz CT molecular complexity index is 367. The van der Waals surface area contributed by atoms with E-state index in [9.17, 15) is 4.79 Å². The van der Waals surface area contributed by atoms with Crippen molar-refractivity contribution < 1.29 is 4.79 Å². The number of carbonyl (C=O) groups excluding carboxylic acids is 1. The van der Waals surface area contributed by atoms with Crippen molar-refractivity contribution in [3.05, 3.63) is 34.4 Å². The summed E-state index contributed by atoms with van der Waals surface area (Å²) < 4.78 is 0. The van der Waals surface area contributed by atoms with Crippen LogP contribution in [0.5, 0.6) is 0 Å². The van der Waals surface area contributed by atoms with Crippen LogP contribution in [-0.2, 0) is 0 Å². The summed E-state index contributed by atoms with van der Waals surface area (Å²) >= 11 is 0. The maximum absolute atomic E-state index is 12.3. The summed E-state index contributed by atoms with van der Waals surface area (Å²) in [7, 11) is 0. The van der Waals surface area contributed by atoms with Crippen LogP contribution in [0.1, 0.15) is 53.7 Å². The zero-order valence-electron chi connectivity index (χ0n) is 11.1. The minimum atomic E-state index is 0.144. The molecule has 88 valence electrons. The van der Waals surface area contributed by atoms with Crippen LogP contribution in [0.2, 0.25) is 0 Å². The minimum Gasteiger partial charge on any atom is -0.294 e. The fourth-order valence-corrected chi connectivity index (χ4v) is 2.38. The Hall–Kier alpha value is -1.11. The molecule has 1 atom stereocenters. The number of benzene rings is 1. The number of Topliss-reactive ketones (excluding diaryl/α,β-unsaturated/α-hetero) is 1. The molecule has 0 fully saturated rings. The molecule has 0 N–H and O–H groups in total. The predicted octanol–water partition coefficient (Wildman–Crippen LogP) is 4.23. The van der Waals surface area contributed by atoms with Crippen LogP contribution in [0.25, 0.3) is 0 Å². The van der Waals surface area contributed by atoms with Gasteiger partial charge in [0.15, 0.2) is 5.78 Å². The lowest BCUT2D eigenvalue weighted by molar-refractivity contribution is 0.0922. The van der Waals surface area contributed by atoms with E-state index in [1.165, 1.54) is 5.56 Å². The molecule has 1 aromatic carbocycles. The molecule has 0 aliphatic carbocycles. The lowest BCUT2D eigenvalue weighted by Crippen LogP contribution is -2.14. The van der Waals surface area contributed by atoms with Gasteiger partial charge in [0, 0.05) is 11.5 Å². The molecule has 0 bridgehead atoms. The highest BCUT2D eigenvalue weighted by molar-refractivity contribution is 6.00. The van der Waals surface area contributed by atoms with Crippen LogP contribution in [-0.4, -0.2) is 5.78 Å². The van der Waals surface area contributed by atoms with Gasteiger partial charge in [0.25, 0.3) is 0 Å². The zero-order chi connectivity index (χ0) is 12.3. The number of ketones is 1. The largest absolute Gasteiger partial charge is 0.294 e. The van der Waals surface area contributed by atoms with Gasteiger partial charge in [-0.05, 0) is 38.3 Å². The van der Waals surface area contributed by atoms with E-state index >= 15 is 0 Å². The molecule has 0 saturated carbocycles. The van der Waals surface area contributed by atoms with Crippen molar-refractivity contribution in [2.45, 2.75) is 47.5 Å². The van der Waals surface area contributed by atoms with Crippen molar-refractivity contribution in [2.75, 3.05) is 0 Å². The monoisotopic (exact) mass is 218 g/mol. The molecular formula is C15H22O. The molecule has 0 spiro atoms. The lowest BCUT2D eigenvalue weighted by Gasteiger charge is -2.14. The van der Waals surface area contributed by atoms with Crippen molar-refractivity contribution in [1.82, 2.24) is 0 Å². The highest BCUT2D eigenvalue weighted by atomic mass is 16.1. The Morgan fingerprint density at radius 1 is 1.19 bits per heavy atom. The fraction of sp³-hybridized carbons (Fsp3) is 0.533. The third-order valence-corrected chi connectivity index (χ3v) is 3.09. The second kappa shape index (κ2) is 5.29. The van der Waals surface area contributed by atoms with Gasteiger partial charge < -0.3 is 0 Å². The average Bonchev–Trinajstić information content (AvgIpc) is 2.16.